The monoisotopic (exact) mass is 248 g/mol. The van der Waals surface area contributed by atoms with Crippen LogP contribution in [0.5, 0.6) is 11.5 Å². The molecule has 92 valence electrons. The van der Waals surface area contributed by atoms with Gasteiger partial charge in [0.2, 0.25) is 5.71 Å². The van der Waals surface area contributed by atoms with Gasteiger partial charge in [-0.05, 0) is 0 Å². The van der Waals surface area contributed by atoms with E-state index in [1.165, 1.54) is 26.4 Å². The quantitative estimate of drug-likeness (QED) is 0.646. The molecule has 0 aromatic heterocycles. The molecule has 6 nitrogen and oxygen atoms in total. The SMILES string of the molecule is COc1cc(NN=C(C#N)C#N)c(F)c(OC)c1. The molecule has 0 fully saturated rings. The Morgan fingerprint density at radius 1 is 1.28 bits per heavy atom. The molecular formula is C11H9FN4O2. The first-order chi connectivity index (χ1) is 8.65. The van der Waals surface area contributed by atoms with Gasteiger partial charge in [0.1, 0.15) is 17.9 Å². The van der Waals surface area contributed by atoms with Crippen LogP contribution in [0.15, 0.2) is 17.2 Å². The van der Waals surface area contributed by atoms with Crippen LogP contribution in [0.3, 0.4) is 0 Å². The van der Waals surface area contributed by atoms with Crippen molar-refractivity contribution in [1.82, 2.24) is 0 Å². The minimum Gasteiger partial charge on any atom is -0.497 e. The molecule has 0 aliphatic rings. The first-order valence-corrected chi connectivity index (χ1v) is 4.71. The van der Waals surface area contributed by atoms with Crippen LogP contribution in [0.2, 0.25) is 0 Å². The summed E-state index contributed by atoms with van der Waals surface area (Å²) >= 11 is 0. The van der Waals surface area contributed by atoms with E-state index < -0.39 is 11.5 Å². The predicted molar refractivity (Wildman–Crippen MR) is 61.8 cm³/mol. The van der Waals surface area contributed by atoms with E-state index in [1.807, 2.05) is 0 Å². The Morgan fingerprint density at radius 2 is 1.94 bits per heavy atom. The number of methoxy groups -OCH3 is 2. The summed E-state index contributed by atoms with van der Waals surface area (Å²) in [6.07, 6.45) is 0. The van der Waals surface area contributed by atoms with Crippen molar-refractivity contribution < 1.29 is 13.9 Å². The lowest BCUT2D eigenvalue weighted by atomic mass is 10.2. The number of nitriles is 2. The number of rotatable bonds is 4. The molecule has 0 bridgehead atoms. The number of ether oxygens (including phenoxy) is 2. The van der Waals surface area contributed by atoms with Crippen molar-refractivity contribution in [3.8, 4) is 23.6 Å². The fraction of sp³-hybridized carbons (Fsp3) is 0.182. The molecule has 0 aliphatic carbocycles. The summed E-state index contributed by atoms with van der Waals surface area (Å²) in [6, 6.07) is 5.77. The largest absolute Gasteiger partial charge is 0.497 e. The summed E-state index contributed by atoms with van der Waals surface area (Å²) in [5, 5.41) is 20.4. The molecule has 0 atom stereocenters. The van der Waals surface area contributed by atoms with Gasteiger partial charge in [0.15, 0.2) is 11.6 Å². The third kappa shape index (κ3) is 2.86. The molecule has 18 heavy (non-hydrogen) atoms. The van der Waals surface area contributed by atoms with Gasteiger partial charge in [-0.1, -0.05) is 0 Å². The van der Waals surface area contributed by atoms with Gasteiger partial charge in [-0.3, -0.25) is 5.43 Å². The summed E-state index contributed by atoms with van der Waals surface area (Å²) in [5.74, 6) is -0.388. The van der Waals surface area contributed by atoms with Crippen molar-refractivity contribution >= 4 is 11.4 Å². The van der Waals surface area contributed by atoms with Crippen LogP contribution >= 0.6 is 0 Å². The molecular weight excluding hydrogens is 239 g/mol. The van der Waals surface area contributed by atoms with Gasteiger partial charge in [0.25, 0.3) is 0 Å². The van der Waals surface area contributed by atoms with Crippen LogP contribution in [0.25, 0.3) is 0 Å². The summed E-state index contributed by atoms with van der Waals surface area (Å²) in [6.45, 7) is 0. The lowest BCUT2D eigenvalue weighted by molar-refractivity contribution is 0.375. The van der Waals surface area contributed by atoms with E-state index in [0.717, 1.165) is 0 Å². The number of hydrazone groups is 1. The molecule has 1 rings (SSSR count). The van der Waals surface area contributed by atoms with Crippen molar-refractivity contribution in [3.05, 3.63) is 17.9 Å². The fourth-order valence-electron chi connectivity index (χ4n) is 1.11. The highest BCUT2D eigenvalue weighted by molar-refractivity contribution is 6.10. The molecule has 0 spiro atoms. The van der Waals surface area contributed by atoms with Crippen molar-refractivity contribution in [3.63, 3.8) is 0 Å². The summed E-state index contributed by atoms with van der Waals surface area (Å²) < 4.78 is 23.5. The Bertz CT molecular complexity index is 541. The molecule has 0 saturated heterocycles. The average molecular weight is 248 g/mol. The molecule has 0 amide bonds. The van der Waals surface area contributed by atoms with E-state index >= 15 is 0 Å². The number of halogens is 1. The second kappa shape index (κ2) is 6.06. The van der Waals surface area contributed by atoms with Gasteiger partial charge < -0.3 is 9.47 Å². The van der Waals surface area contributed by atoms with Crippen LogP contribution in [-0.2, 0) is 0 Å². The number of nitrogens with zero attached hydrogens (tertiary/aromatic N) is 3. The standard InChI is InChI=1S/C11H9FN4O2/c1-17-8-3-9(11(12)10(4-8)18-2)16-15-7(5-13)6-14/h3-4,16H,1-2H3. The number of hydrogen-bond donors (Lipinski definition) is 1. The Labute approximate surface area is 103 Å². The van der Waals surface area contributed by atoms with E-state index in [9.17, 15) is 4.39 Å². The maximum absolute atomic E-state index is 13.8. The number of benzene rings is 1. The van der Waals surface area contributed by atoms with Gasteiger partial charge >= 0.3 is 0 Å². The molecule has 1 aromatic carbocycles. The minimum atomic E-state index is -0.697. The second-order valence-corrected chi connectivity index (χ2v) is 2.99. The molecule has 0 saturated carbocycles. The summed E-state index contributed by atoms with van der Waals surface area (Å²) in [7, 11) is 2.72. The molecule has 7 heteroatoms. The van der Waals surface area contributed by atoms with Crippen LogP contribution < -0.4 is 14.9 Å². The maximum atomic E-state index is 13.8. The Balaban J connectivity index is 3.13. The highest BCUT2D eigenvalue weighted by Crippen LogP contribution is 2.30. The first-order valence-electron chi connectivity index (χ1n) is 4.71. The van der Waals surface area contributed by atoms with Crippen molar-refractivity contribution in [2.75, 3.05) is 19.6 Å². The minimum absolute atomic E-state index is 0.0393. The van der Waals surface area contributed by atoms with E-state index in [4.69, 9.17) is 20.0 Å². The zero-order valence-electron chi connectivity index (χ0n) is 9.69. The molecule has 0 aliphatic heterocycles. The molecule has 0 radical (unpaired) electrons. The fourth-order valence-corrected chi connectivity index (χ4v) is 1.11. The number of nitrogens with one attached hydrogen (secondary N) is 1. The number of hydrogen-bond acceptors (Lipinski definition) is 6. The lowest BCUT2D eigenvalue weighted by Gasteiger charge is -2.09. The Morgan fingerprint density at radius 3 is 2.44 bits per heavy atom. The topological polar surface area (TPSA) is 90.4 Å². The molecule has 1 N–H and O–H groups in total. The van der Waals surface area contributed by atoms with E-state index in [1.54, 1.807) is 12.1 Å². The van der Waals surface area contributed by atoms with Crippen LogP contribution in [-0.4, -0.2) is 19.9 Å². The van der Waals surface area contributed by atoms with E-state index in [-0.39, 0.29) is 11.4 Å². The van der Waals surface area contributed by atoms with Gasteiger partial charge in [-0.2, -0.15) is 15.6 Å². The van der Waals surface area contributed by atoms with Gasteiger partial charge in [-0.15, -0.1) is 0 Å². The zero-order valence-corrected chi connectivity index (χ0v) is 9.69. The normalized spacial score (nSPS) is 8.72. The van der Waals surface area contributed by atoms with Gasteiger partial charge in [0.05, 0.1) is 19.9 Å². The molecule has 0 unspecified atom stereocenters. The second-order valence-electron chi connectivity index (χ2n) is 2.99. The van der Waals surface area contributed by atoms with Crippen LogP contribution in [0, 0.1) is 28.5 Å². The van der Waals surface area contributed by atoms with Crippen molar-refractivity contribution in [2.24, 2.45) is 5.10 Å². The van der Waals surface area contributed by atoms with Crippen molar-refractivity contribution in [1.29, 1.82) is 10.5 Å². The van der Waals surface area contributed by atoms with E-state index in [2.05, 4.69) is 10.5 Å². The summed E-state index contributed by atoms with van der Waals surface area (Å²) in [5.41, 5.74) is 1.79. The maximum Gasteiger partial charge on any atom is 0.237 e. The third-order valence-corrected chi connectivity index (χ3v) is 1.97. The third-order valence-electron chi connectivity index (χ3n) is 1.97. The highest BCUT2D eigenvalue weighted by atomic mass is 19.1. The van der Waals surface area contributed by atoms with Gasteiger partial charge in [0, 0.05) is 12.1 Å². The predicted octanol–water partition coefficient (Wildman–Crippen LogP) is 1.66. The number of anilines is 1. The Kier molecular flexibility index (Phi) is 4.47. The van der Waals surface area contributed by atoms with Crippen LogP contribution in [0.1, 0.15) is 0 Å². The van der Waals surface area contributed by atoms with Crippen molar-refractivity contribution in [2.45, 2.75) is 0 Å². The molecule has 1 aromatic rings. The highest BCUT2D eigenvalue weighted by Gasteiger charge is 2.11. The van der Waals surface area contributed by atoms with Crippen LogP contribution in [0.4, 0.5) is 10.1 Å². The lowest BCUT2D eigenvalue weighted by Crippen LogP contribution is -2.00. The first kappa shape index (κ1) is 13.3. The Hall–Kier alpha value is -2.80. The smallest absolute Gasteiger partial charge is 0.237 e. The van der Waals surface area contributed by atoms with E-state index in [0.29, 0.717) is 5.75 Å². The average Bonchev–Trinajstić information content (AvgIpc) is 2.41. The zero-order chi connectivity index (χ0) is 13.5. The molecule has 0 heterocycles. The summed E-state index contributed by atoms with van der Waals surface area (Å²) in [4.78, 5) is 0. The van der Waals surface area contributed by atoms with Gasteiger partial charge in [-0.25, -0.2) is 4.39 Å².